The Labute approximate surface area is 175 Å². The lowest BCUT2D eigenvalue weighted by Gasteiger charge is -2.24. The second-order valence-corrected chi connectivity index (χ2v) is 7.28. The van der Waals surface area contributed by atoms with Crippen LogP contribution in [-0.4, -0.2) is 36.5 Å². The molecule has 0 unspecified atom stereocenters. The van der Waals surface area contributed by atoms with Crippen molar-refractivity contribution in [1.29, 1.82) is 0 Å². The summed E-state index contributed by atoms with van der Waals surface area (Å²) in [5.41, 5.74) is 1.61. The minimum Gasteiger partial charge on any atom is -0.445 e. The van der Waals surface area contributed by atoms with Gasteiger partial charge in [0.2, 0.25) is 5.91 Å². The zero-order chi connectivity index (χ0) is 21.9. The van der Waals surface area contributed by atoms with Crippen LogP contribution in [0.3, 0.4) is 0 Å². The molecule has 2 aromatic rings. The average molecular weight is 414 g/mol. The molecule has 0 aliphatic rings. The highest BCUT2D eigenvalue weighted by Crippen LogP contribution is 2.08. The van der Waals surface area contributed by atoms with Crippen LogP contribution < -0.4 is 10.6 Å². The molecule has 2 aromatic carbocycles. The van der Waals surface area contributed by atoms with E-state index in [4.69, 9.17) is 4.74 Å². The van der Waals surface area contributed by atoms with E-state index in [1.54, 1.807) is 38.1 Å². The van der Waals surface area contributed by atoms with Crippen LogP contribution in [0.5, 0.6) is 0 Å². The standard InChI is InChI=1S/C23H27FN2O4/c1-16(2)21(26-23(29)30-15-18-11-7-4-8-12-18)22(28)25-19(20(27)14-24)13-17-9-5-3-6-10-17/h3-12,16,19,21H,13-15H2,1-2H3,(H,25,28)(H,26,29)/t19-,21-/m0/s1. The normalized spacial score (nSPS) is 12.7. The van der Waals surface area contributed by atoms with Gasteiger partial charge in [-0.15, -0.1) is 0 Å². The molecule has 0 aliphatic heterocycles. The lowest BCUT2D eigenvalue weighted by molar-refractivity contribution is -0.129. The first-order chi connectivity index (χ1) is 14.4. The fourth-order valence-electron chi connectivity index (χ4n) is 2.88. The lowest BCUT2D eigenvalue weighted by atomic mass is 10.00. The van der Waals surface area contributed by atoms with E-state index in [1.165, 1.54) is 0 Å². The Morgan fingerprint density at radius 1 is 0.900 bits per heavy atom. The summed E-state index contributed by atoms with van der Waals surface area (Å²) < 4.78 is 18.2. The van der Waals surface area contributed by atoms with Crippen molar-refractivity contribution in [3.05, 3.63) is 71.8 Å². The molecule has 0 aliphatic carbocycles. The molecule has 0 heterocycles. The van der Waals surface area contributed by atoms with Gasteiger partial charge in [-0.2, -0.15) is 0 Å². The largest absolute Gasteiger partial charge is 0.445 e. The number of alkyl carbamates (subject to hydrolysis) is 1. The summed E-state index contributed by atoms with van der Waals surface area (Å²) in [4.78, 5) is 36.9. The molecular formula is C23H27FN2O4. The average Bonchev–Trinajstić information content (AvgIpc) is 2.76. The molecule has 2 N–H and O–H groups in total. The zero-order valence-electron chi connectivity index (χ0n) is 17.1. The van der Waals surface area contributed by atoms with Crippen molar-refractivity contribution >= 4 is 17.8 Å². The van der Waals surface area contributed by atoms with Crippen LogP contribution in [0.25, 0.3) is 0 Å². The van der Waals surface area contributed by atoms with Crippen LogP contribution in [-0.2, 0) is 27.4 Å². The maximum Gasteiger partial charge on any atom is 0.408 e. The van der Waals surface area contributed by atoms with Gasteiger partial charge >= 0.3 is 6.09 Å². The Morgan fingerprint density at radius 2 is 1.47 bits per heavy atom. The van der Waals surface area contributed by atoms with Crippen LogP contribution in [0.15, 0.2) is 60.7 Å². The van der Waals surface area contributed by atoms with Crippen LogP contribution >= 0.6 is 0 Å². The monoisotopic (exact) mass is 414 g/mol. The highest BCUT2D eigenvalue weighted by molar-refractivity contribution is 5.92. The van der Waals surface area contributed by atoms with Crippen molar-refractivity contribution in [1.82, 2.24) is 10.6 Å². The maximum absolute atomic E-state index is 13.0. The van der Waals surface area contributed by atoms with Crippen LogP contribution in [0.4, 0.5) is 9.18 Å². The molecule has 2 atom stereocenters. The minimum atomic E-state index is -1.18. The number of rotatable bonds is 10. The third-order valence-electron chi connectivity index (χ3n) is 4.55. The van der Waals surface area contributed by atoms with E-state index in [0.29, 0.717) is 0 Å². The van der Waals surface area contributed by atoms with E-state index < -0.39 is 36.5 Å². The van der Waals surface area contributed by atoms with E-state index in [1.807, 2.05) is 36.4 Å². The first-order valence-electron chi connectivity index (χ1n) is 9.81. The molecule has 160 valence electrons. The molecule has 2 rings (SSSR count). The van der Waals surface area contributed by atoms with Gasteiger partial charge in [0.05, 0.1) is 6.04 Å². The van der Waals surface area contributed by atoms with Crippen molar-refractivity contribution in [3.63, 3.8) is 0 Å². The van der Waals surface area contributed by atoms with Crippen LogP contribution in [0.2, 0.25) is 0 Å². The predicted molar refractivity (Wildman–Crippen MR) is 111 cm³/mol. The molecule has 0 radical (unpaired) electrons. The molecule has 6 nitrogen and oxygen atoms in total. The number of ether oxygens (including phenoxy) is 1. The molecule has 0 bridgehead atoms. The number of hydrogen-bond acceptors (Lipinski definition) is 4. The van der Waals surface area contributed by atoms with Crippen molar-refractivity contribution in [2.75, 3.05) is 6.67 Å². The summed E-state index contributed by atoms with van der Waals surface area (Å²) >= 11 is 0. The number of carbonyl (C=O) groups is 3. The van der Waals surface area contributed by atoms with Gasteiger partial charge in [-0.05, 0) is 23.5 Å². The smallest absolute Gasteiger partial charge is 0.408 e. The van der Waals surface area contributed by atoms with Gasteiger partial charge < -0.3 is 15.4 Å². The molecule has 0 aromatic heterocycles. The molecule has 2 amide bonds. The van der Waals surface area contributed by atoms with Crippen molar-refractivity contribution in [2.24, 2.45) is 5.92 Å². The first-order valence-corrected chi connectivity index (χ1v) is 9.81. The Morgan fingerprint density at radius 3 is 2.00 bits per heavy atom. The van der Waals surface area contributed by atoms with Gasteiger partial charge in [0.15, 0.2) is 5.78 Å². The van der Waals surface area contributed by atoms with E-state index in [9.17, 15) is 18.8 Å². The summed E-state index contributed by atoms with van der Waals surface area (Å²) in [6, 6.07) is 16.2. The van der Waals surface area contributed by atoms with Crippen molar-refractivity contribution in [2.45, 2.75) is 39.0 Å². The summed E-state index contributed by atoms with van der Waals surface area (Å²) in [7, 11) is 0. The first kappa shape index (κ1) is 23.1. The molecule has 0 saturated heterocycles. The summed E-state index contributed by atoms with van der Waals surface area (Å²) in [6.07, 6.45) is -0.581. The molecule has 0 spiro atoms. The molecule has 0 fully saturated rings. The van der Waals surface area contributed by atoms with E-state index in [0.717, 1.165) is 11.1 Å². The number of hydrogen-bond donors (Lipinski definition) is 2. The minimum absolute atomic E-state index is 0.0656. The van der Waals surface area contributed by atoms with E-state index in [-0.39, 0.29) is 18.9 Å². The Hall–Kier alpha value is -3.22. The third kappa shape index (κ3) is 7.31. The summed E-state index contributed by atoms with van der Waals surface area (Å²) in [6.45, 7) is 2.39. The number of Topliss-reactive ketones (excluding diaryl/α,β-unsaturated/α-hetero) is 1. The van der Waals surface area contributed by atoms with Gasteiger partial charge in [0.1, 0.15) is 19.3 Å². The summed E-state index contributed by atoms with van der Waals surface area (Å²) in [5, 5.41) is 5.11. The number of nitrogens with one attached hydrogen (secondary N) is 2. The second kappa shape index (κ2) is 11.7. The lowest BCUT2D eigenvalue weighted by Crippen LogP contribution is -2.54. The highest BCUT2D eigenvalue weighted by Gasteiger charge is 2.29. The van der Waals surface area contributed by atoms with E-state index in [2.05, 4.69) is 10.6 Å². The Balaban J connectivity index is 1.99. The topological polar surface area (TPSA) is 84.5 Å². The Kier molecular flexibility index (Phi) is 9.00. The van der Waals surface area contributed by atoms with E-state index >= 15 is 0 Å². The van der Waals surface area contributed by atoms with Gasteiger partial charge in [-0.1, -0.05) is 74.5 Å². The SMILES string of the molecule is CC(C)[C@H](NC(=O)OCc1ccccc1)C(=O)N[C@@H](Cc1ccccc1)C(=O)CF. The fraction of sp³-hybridized carbons (Fsp3) is 0.348. The van der Waals surface area contributed by atoms with Crippen LogP contribution in [0, 0.1) is 5.92 Å². The van der Waals surface area contributed by atoms with Crippen molar-refractivity contribution < 1.29 is 23.5 Å². The van der Waals surface area contributed by atoms with Crippen LogP contribution in [0.1, 0.15) is 25.0 Å². The van der Waals surface area contributed by atoms with Gasteiger partial charge in [-0.25, -0.2) is 9.18 Å². The number of carbonyl (C=O) groups excluding carboxylic acids is 3. The third-order valence-corrected chi connectivity index (χ3v) is 4.55. The number of benzene rings is 2. The molecule has 30 heavy (non-hydrogen) atoms. The number of amides is 2. The van der Waals surface area contributed by atoms with Gasteiger partial charge in [0.25, 0.3) is 0 Å². The molecule has 0 saturated carbocycles. The number of alkyl halides is 1. The Bertz CT molecular complexity index is 828. The maximum atomic E-state index is 13.0. The molecule has 7 heteroatoms. The molecular weight excluding hydrogens is 387 g/mol. The fourth-order valence-corrected chi connectivity index (χ4v) is 2.88. The predicted octanol–water partition coefficient (Wildman–Crippen LogP) is 3.20. The summed E-state index contributed by atoms with van der Waals surface area (Å²) in [5.74, 6) is -1.56. The highest BCUT2D eigenvalue weighted by atomic mass is 19.1. The number of ketones is 1. The zero-order valence-corrected chi connectivity index (χ0v) is 17.1. The quantitative estimate of drug-likeness (QED) is 0.625. The van der Waals surface area contributed by atoms with Gasteiger partial charge in [0, 0.05) is 0 Å². The second-order valence-electron chi connectivity index (χ2n) is 7.28. The van der Waals surface area contributed by atoms with Crippen molar-refractivity contribution in [3.8, 4) is 0 Å². The number of halogens is 1. The van der Waals surface area contributed by atoms with Gasteiger partial charge in [-0.3, -0.25) is 9.59 Å².